The third kappa shape index (κ3) is 3.62. The molecule has 0 spiro atoms. The predicted molar refractivity (Wildman–Crippen MR) is 81.3 cm³/mol. The molecule has 1 atom stereocenters. The number of benzene rings is 1. The number of ether oxygens (including phenoxy) is 1. The van der Waals surface area contributed by atoms with E-state index in [1.807, 2.05) is 16.8 Å². The Hall–Kier alpha value is -2.39. The maximum Gasteiger partial charge on any atom is 0.137 e. The van der Waals surface area contributed by atoms with Crippen LogP contribution in [0, 0.1) is 11.3 Å². The van der Waals surface area contributed by atoms with Gasteiger partial charge in [-0.1, -0.05) is 0 Å². The van der Waals surface area contributed by atoms with Crippen LogP contribution in [0.1, 0.15) is 18.4 Å². The first-order valence-electron chi connectivity index (χ1n) is 7.54. The highest BCUT2D eigenvalue weighted by Gasteiger charge is 2.24. The molecule has 114 valence electrons. The maximum atomic E-state index is 8.77. The Morgan fingerprint density at radius 1 is 1.32 bits per heavy atom. The van der Waals surface area contributed by atoms with Gasteiger partial charge in [-0.15, -0.1) is 0 Å². The standard InChI is InChI=1S/C16H19N5O/c17-10-14-3-5-16(6-4-14)22-9-8-20-7-1-2-15(20)11-21-13-18-12-19-21/h3-6,12-13,15H,1-2,7-9,11H2/t15-/m1/s1. The molecule has 0 saturated carbocycles. The van der Waals surface area contributed by atoms with Crippen molar-refractivity contribution in [2.24, 2.45) is 0 Å². The van der Waals surface area contributed by atoms with Crippen LogP contribution in [-0.2, 0) is 6.54 Å². The topological polar surface area (TPSA) is 67.0 Å². The van der Waals surface area contributed by atoms with E-state index in [0.717, 1.165) is 25.4 Å². The van der Waals surface area contributed by atoms with Gasteiger partial charge >= 0.3 is 0 Å². The lowest BCUT2D eigenvalue weighted by Gasteiger charge is -2.24. The van der Waals surface area contributed by atoms with Crippen LogP contribution in [0.3, 0.4) is 0 Å². The second kappa shape index (κ2) is 7.05. The molecule has 0 radical (unpaired) electrons. The van der Waals surface area contributed by atoms with Gasteiger partial charge in [0, 0.05) is 12.6 Å². The number of likely N-dealkylation sites (tertiary alicyclic amines) is 1. The lowest BCUT2D eigenvalue weighted by Crippen LogP contribution is -2.36. The second-order valence-electron chi connectivity index (χ2n) is 5.43. The first-order chi connectivity index (χ1) is 10.8. The zero-order valence-corrected chi connectivity index (χ0v) is 12.4. The second-order valence-corrected chi connectivity index (χ2v) is 5.43. The molecule has 1 aliphatic heterocycles. The fourth-order valence-electron chi connectivity index (χ4n) is 2.85. The van der Waals surface area contributed by atoms with Gasteiger partial charge in [0.25, 0.3) is 0 Å². The van der Waals surface area contributed by atoms with Crippen molar-refractivity contribution < 1.29 is 4.74 Å². The highest BCUT2D eigenvalue weighted by atomic mass is 16.5. The number of nitrogens with zero attached hydrogens (tertiary/aromatic N) is 5. The highest BCUT2D eigenvalue weighted by molar-refractivity contribution is 5.34. The van der Waals surface area contributed by atoms with Crippen LogP contribution < -0.4 is 4.74 Å². The lowest BCUT2D eigenvalue weighted by atomic mass is 10.2. The molecule has 0 amide bonds. The number of hydrogen-bond donors (Lipinski definition) is 0. The number of aromatic nitrogens is 3. The molecule has 0 N–H and O–H groups in total. The van der Waals surface area contributed by atoms with E-state index in [2.05, 4.69) is 21.1 Å². The molecule has 0 aliphatic carbocycles. The molecule has 1 aromatic carbocycles. The first-order valence-corrected chi connectivity index (χ1v) is 7.54. The van der Waals surface area contributed by atoms with Crippen molar-refractivity contribution in [2.45, 2.75) is 25.4 Å². The Labute approximate surface area is 129 Å². The van der Waals surface area contributed by atoms with Gasteiger partial charge in [0.2, 0.25) is 0 Å². The Kier molecular flexibility index (Phi) is 4.66. The van der Waals surface area contributed by atoms with Crippen LogP contribution in [0.25, 0.3) is 0 Å². The third-order valence-electron chi connectivity index (χ3n) is 3.99. The molecule has 1 aromatic heterocycles. The summed E-state index contributed by atoms with van der Waals surface area (Å²) in [6.45, 7) is 3.55. The normalized spacial score (nSPS) is 18.2. The Morgan fingerprint density at radius 2 is 2.18 bits per heavy atom. The van der Waals surface area contributed by atoms with Crippen LogP contribution in [-0.4, -0.2) is 45.4 Å². The van der Waals surface area contributed by atoms with Gasteiger partial charge in [-0.05, 0) is 43.7 Å². The van der Waals surface area contributed by atoms with Crippen molar-refractivity contribution in [1.29, 1.82) is 5.26 Å². The van der Waals surface area contributed by atoms with E-state index in [4.69, 9.17) is 10.00 Å². The monoisotopic (exact) mass is 297 g/mol. The maximum absolute atomic E-state index is 8.77. The number of hydrogen-bond acceptors (Lipinski definition) is 5. The van der Waals surface area contributed by atoms with Gasteiger partial charge in [-0.2, -0.15) is 10.4 Å². The fourth-order valence-corrected chi connectivity index (χ4v) is 2.85. The summed E-state index contributed by atoms with van der Waals surface area (Å²) in [5.41, 5.74) is 0.653. The lowest BCUT2D eigenvalue weighted by molar-refractivity contribution is 0.182. The molecule has 3 rings (SSSR count). The average molecular weight is 297 g/mol. The van der Waals surface area contributed by atoms with E-state index in [1.165, 1.54) is 12.8 Å². The van der Waals surface area contributed by atoms with Crippen LogP contribution in [0.2, 0.25) is 0 Å². The molecule has 6 heteroatoms. The predicted octanol–water partition coefficient (Wildman–Crippen LogP) is 1.69. The minimum absolute atomic E-state index is 0.506. The molecular weight excluding hydrogens is 278 g/mol. The summed E-state index contributed by atoms with van der Waals surface area (Å²) in [5, 5.41) is 13.0. The third-order valence-corrected chi connectivity index (χ3v) is 3.99. The van der Waals surface area contributed by atoms with Gasteiger partial charge in [0.1, 0.15) is 25.0 Å². The molecule has 1 saturated heterocycles. The van der Waals surface area contributed by atoms with Crippen LogP contribution in [0.5, 0.6) is 5.75 Å². The summed E-state index contributed by atoms with van der Waals surface area (Å²) in [6, 6.07) is 9.85. The number of nitriles is 1. The van der Waals surface area contributed by atoms with E-state index >= 15 is 0 Å². The van der Waals surface area contributed by atoms with Gasteiger partial charge in [-0.25, -0.2) is 4.98 Å². The van der Waals surface area contributed by atoms with E-state index in [1.54, 1.807) is 24.8 Å². The summed E-state index contributed by atoms with van der Waals surface area (Å²) in [5.74, 6) is 0.811. The van der Waals surface area contributed by atoms with Gasteiger partial charge in [0.05, 0.1) is 18.2 Å². The van der Waals surface area contributed by atoms with Crippen molar-refractivity contribution in [1.82, 2.24) is 19.7 Å². The van der Waals surface area contributed by atoms with Crippen molar-refractivity contribution in [2.75, 3.05) is 19.7 Å². The molecule has 1 aliphatic rings. The van der Waals surface area contributed by atoms with E-state index in [-0.39, 0.29) is 0 Å². The quantitative estimate of drug-likeness (QED) is 0.811. The highest BCUT2D eigenvalue weighted by Crippen LogP contribution is 2.18. The van der Waals surface area contributed by atoms with E-state index in [9.17, 15) is 0 Å². The SMILES string of the molecule is N#Cc1ccc(OCCN2CCC[C@@H]2Cn2cncn2)cc1. The largest absolute Gasteiger partial charge is 0.492 e. The Morgan fingerprint density at radius 3 is 2.91 bits per heavy atom. The minimum Gasteiger partial charge on any atom is -0.492 e. The van der Waals surface area contributed by atoms with Crippen molar-refractivity contribution >= 4 is 0 Å². The Balaban J connectivity index is 1.46. The molecular formula is C16H19N5O. The average Bonchev–Trinajstić information content (AvgIpc) is 3.21. The summed E-state index contributed by atoms with van der Waals surface area (Å²) in [7, 11) is 0. The van der Waals surface area contributed by atoms with Crippen LogP contribution in [0.4, 0.5) is 0 Å². The smallest absolute Gasteiger partial charge is 0.137 e. The molecule has 2 heterocycles. The number of rotatable bonds is 6. The van der Waals surface area contributed by atoms with Crippen molar-refractivity contribution in [3.05, 3.63) is 42.5 Å². The summed E-state index contributed by atoms with van der Waals surface area (Å²) < 4.78 is 7.66. The molecule has 1 fully saturated rings. The minimum atomic E-state index is 0.506. The molecule has 22 heavy (non-hydrogen) atoms. The zero-order chi connectivity index (χ0) is 15.2. The molecule has 2 aromatic rings. The van der Waals surface area contributed by atoms with Crippen molar-refractivity contribution in [3.63, 3.8) is 0 Å². The van der Waals surface area contributed by atoms with E-state index < -0.39 is 0 Å². The zero-order valence-electron chi connectivity index (χ0n) is 12.4. The summed E-state index contributed by atoms with van der Waals surface area (Å²) in [6.07, 6.45) is 5.75. The summed E-state index contributed by atoms with van der Waals surface area (Å²) >= 11 is 0. The molecule has 0 bridgehead atoms. The fraction of sp³-hybridized carbons (Fsp3) is 0.438. The summed E-state index contributed by atoms with van der Waals surface area (Å²) in [4.78, 5) is 6.44. The van der Waals surface area contributed by atoms with Gasteiger partial charge < -0.3 is 4.74 Å². The van der Waals surface area contributed by atoms with Crippen LogP contribution in [0.15, 0.2) is 36.9 Å². The molecule has 0 unspecified atom stereocenters. The van der Waals surface area contributed by atoms with Crippen LogP contribution >= 0.6 is 0 Å². The van der Waals surface area contributed by atoms with Gasteiger partial charge in [-0.3, -0.25) is 9.58 Å². The van der Waals surface area contributed by atoms with Crippen molar-refractivity contribution in [3.8, 4) is 11.8 Å². The first kappa shape index (κ1) is 14.5. The Bertz CT molecular complexity index is 617. The van der Waals surface area contributed by atoms with Gasteiger partial charge in [0.15, 0.2) is 0 Å². The van der Waals surface area contributed by atoms with E-state index in [0.29, 0.717) is 18.2 Å². The molecule has 6 nitrogen and oxygen atoms in total.